The highest BCUT2D eigenvalue weighted by Crippen LogP contribution is 2.03. The lowest BCUT2D eigenvalue weighted by Crippen LogP contribution is -2.29. The van der Waals surface area contributed by atoms with E-state index in [1.807, 2.05) is 0 Å². The third-order valence-corrected chi connectivity index (χ3v) is 1.36. The third-order valence-electron chi connectivity index (χ3n) is 1.36. The number of carboxylic acid groups (broad SMARTS) is 2. The average Bonchev–Trinajstić information content (AvgIpc) is 2.38. The minimum atomic E-state index is -0.720. The highest BCUT2D eigenvalue weighted by atomic mass is 16.4. The molecule has 3 N–H and O–H groups in total. The Morgan fingerprint density at radius 2 is 2.18 bits per heavy atom. The van der Waals surface area contributed by atoms with Crippen LogP contribution < -0.4 is 5.32 Å². The molecule has 1 heterocycles. The van der Waals surface area contributed by atoms with Gasteiger partial charge in [-0.1, -0.05) is 0 Å². The molecule has 0 saturated carbocycles. The predicted octanol–water partition coefficient (Wildman–Crippen LogP) is -0.476. The average molecular weight is 161 g/mol. The van der Waals surface area contributed by atoms with Crippen LogP contribution in [-0.2, 0) is 9.59 Å². The number of hydrogen-bond acceptors (Lipinski definition) is 3. The monoisotopic (exact) mass is 161 g/mol. The minimum Gasteiger partial charge on any atom is -0.483 e. The molecule has 1 atom stereocenters. The zero-order valence-corrected chi connectivity index (χ0v) is 5.99. The quantitative estimate of drug-likeness (QED) is 0.452. The van der Waals surface area contributed by atoms with Gasteiger partial charge >= 0.3 is 5.97 Å². The number of rotatable bonds is 1. The van der Waals surface area contributed by atoms with Crippen molar-refractivity contribution in [3.8, 4) is 0 Å². The summed E-state index contributed by atoms with van der Waals surface area (Å²) in [6, 6.07) is -0.269. The van der Waals surface area contributed by atoms with E-state index < -0.39 is 5.97 Å². The molecule has 0 aromatic carbocycles. The molecule has 5 nitrogen and oxygen atoms in total. The Balaban J connectivity index is 0.000000292. The van der Waals surface area contributed by atoms with Gasteiger partial charge in [0, 0.05) is 0 Å². The summed E-state index contributed by atoms with van der Waals surface area (Å²) < 4.78 is 0. The Morgan fingerprint density at radius 1 is 1.64 bits per heavy atom. The fourth-order valence-electron chi connectivity index (χ4n) is 0.895. The van der Waals surface area contributed by atoms with Crippen molar-refractivity contribution in [2.24, 2.45) is 0 Å². The lowest BCUT2D eigenvalue weighted by molar-refractivity contribution is -0.139. The summed E-state index contributed by atoms with van der Waals surface area (Å²) in [6.45, 7) is 0.608. The van der Waals surface area contributed by atoms with Crippen LogP contribution in [0, 0.1) is 0 Å². The number of carboxylic acids is 1. The zero-order chi connectivity index (χ0) is 8.69. The normalized spacial score (nSPS) is 21.6. The zero-order valence-electron chi connectivity index (χ0n) is 5.99. The number of aliphatic carboxylic acids is 1. The second-order valence-corrected chi connectivity index (χ2v) is 2.09. The van der Waals surface area contributed by atoms with Gasteiger partial charge in [0.25, 0.3) is 6.47 Å². The maximum atomic E-state index is 10.1. The summed E-state index contributed by atoms with van der Waals surface area (Å²) in [6.07, 6.45) is 1.78. The molecule has 0 aromatic rings. The van der Waals surface area contributed by atoms with Gasteiger partial charge in [-0.25, -0.2) is 0 Å². The van der Waals surface area contributed by atoms with Gasteiger partial charge in [-0.2, -0.15) is 0 Å². The van der Waals surface area contributed by atoms with E-state index in [1.54, 1.807) is 0 Å². The van der Waals surface area contributed by atoms with Gasteiger partial charge in [0.05, 0.1) is 0 Å². The topological polar surface area (TPSA) is 86.6 Å². The van der Waals surface area contributed by atoms with Crippen LogP contribution >= 0.6 is 0 Å². The van der Waals surface area contributed by atoms with Crippen molar-refractivity contribution in [1.82, 2.24) is 5.32 Å². The number of carbonyl (C=O) groups is 2. The van der Waals surface area contributed by atoms with Crippen molar-refractivity contribution in [3.05, 3.63) is 0 Å². The molecule has 1 saturated heterocycles. The Morgan fingerprint density at radius 3 is 2.36 bits per heavy atom. The van der Waals surface area contributed by atoms with Crippen molar-refractivity contribution in [1.29, 1.82) is 0 Å². The van der Waals surface area contributed by atoms with Crippen LogP contribution in [0.3, 0.4) is 0 Å². The maximum Gasteiger partial charge on any atom is 0.320 e. The molecule has 0 spiro atoms. The van der Waals surface area contributed by atoms with E-state index in [1.165, 1.54) is 0 Å². The summed E-state index contributed by atoms with van der Waals surface area (Å²) >= 11 is 0. The minimum absolute atomic E-state index is 0.250. The van der Waals surface area contributed by atoms with Crippen LogP contribution in [0.5, 0.6) is 0 Å². The molecular formula is C6H11NO4. The molecule has 1 aliphatic rings. The first-order valence-electron chi connectivity index (χ1n) is 3.26. The van der Waals surface area contributed by atoms with Crippen molar-refractivity contribution >= 4 is 12.4 Å². The predicted molar refractivity (Wildman–Crippen MR) is 37.4 cm³/mol. The van der Waals surface area contributed by atoms with Crippen LogP contribution in [0.25, 0.3) is 0 Å². The van der Waals surface area contributed by atoms with E-state index >= 15 is 0 Å². The number of nitrogens with one attached hydrogen (secondary N) is 1. The standard InChI is InChI=1S/C5H9NO2.CH2O2/c7-5(8)4-2-1-3-6-4;2-1-3/h4,6H,1-3H2,(H,7,8);1H,(H,2,3). The molecule has 1 rings (SSSR count). The van der Waals surface area contributed by atoms with Crippen LogP contribution in [-0.4, -0.2) is 35.2 Å². The lowest BCUT2D eigenvalue weighted by atomic mass is 10.2. The van der Waals surface area contributed by atoms with Gasteiger partial charge in [0.2, 0.25) is 0 Å². The van der Waals surface area contributed by atoms with Gasteiger partial charge in [-0.3, -0.25) is 9.59 Å². The maximum absolute atomic E-state index is 10.1. The Labute approximate surface area is 64.0 Å². The SMILES string of the molecule is O=C(O)C1CCCN1.O=CO. The first-order chi connectivity index (χ1) is 5.22. The van der Waals surface area contributed by atoms with E-state index in [9.17, 15) is 4.79 Å². The van der Waals surface area contributed by atoms with Gasteiger partial charge in [-0.15, -0.1) is 0 Å². The van der Waals surface area contributed by atoms with Crippen LogP contribution in [0.4, 0.5) is 0 Å². The smallest absolute Gasteiger partial charge is 0.320 e. The molecule has 64 valence electrons. The summed E-state index contributed by atoms with van der Waals surface area (Å²) in [5, 5.41) is 18.1. The summed E-state index contributed by atoms with van der Waals surface area (Å²) in [7, 11) is 0. The van der Waals surface area contributed by atoms with Crippen LogP contribution in [0.15, 0.2) is 0 Å². The van der Waals surface area contributed by atoms with E-state index in [4.69, 9.17) is 15.0 Å². The van der Waals surface area contributed by atoms with Crippen LogP contribution in [0.2, 0.25) is 0 Å². The van der Waals surface area contributed by atoms with Crippen molar-refractivity contribution < 1.29 is 19.8 Å². The molecule has 11 heavy (non-hydrogen) atoms. The lowest BCUT2D eigenvalue weighted by Gasteiger charge is -1.99. The molecule has 0 amide bonds. The molecular weight excluding hydrogens is 150 g/mol. The van der Waals surface area contributed by atoms with Gasteiger partial charge < -0.3 is 15.5 Å². The molecule has 5 heteroatoms. The van der Waals surface area contributed by atoms with E-state index in [0.29, 0.717) is 0 Å². The van der Waals surface area contributed by atoms with Crippen molar-refractivity contribution in [2.75, 3.05) is 6.54 Å². The van der Waals surface area contributed by atoms with E-state index in [0.717, 1.165) is 19.4 Å². The molecule has 1 aliphatic heterocycles. The third kappa shape index (κ3) is 4.32. The van der Waals surface area contributed by atoms with E-state index in [-0.39, 0.29) is 12.5 Å². The second-order valence-electron chi connectivity index (χ2n) is 2.09. The second kappa shape index (κ2) is 5.67. The molecule has 1 unspecified atom stereocenters. The van der Waals surface area contributed by atoms with Gasteiger partial charge in [0.1, 0.15) is 6.04 Å². The molecule has 0 radical (unpaired) electrons. The number of hydrogen-bond donors (Lipinski definition) is 3. The van der Waals surface area contributed by atoms with Crippen molar-refractivity contribution in [2.45, 2.75) is 18.9 Å². The Hall–Kier alpha value is -1.10. The van der Waals surface area contributed by atoms with Crippen molar-refractivity contribution in [3.63, 3.8) is 0 Å². The van der Waals surface area contributed by atoms with Gasteiger partial charge in [-0.05, 0) is 19.4 Å². The fraction of sp³-hybridized carbons (Fsp3) is 0.667. The van der Waals surface area contributed by atoms with Gasteiger partial charge in [0.15, 0.2) is 0 Å². The fourth-order valence-corrected chi connectivity index (χ4v) is 0.895. The highest BCUT2D eigenvalue weighted by Gasteiger charge is 2.20. The van der Waals surface area contributed by atoms with E-state index in [2.05, 4.69) is 5.32 Å². The molecule has 0 bridgehead atoms. The first kappa shape index (κ1) is 9.90. The summed E-state index contributed by atoms with van der Waals surface area (Å²) in [5.74, 6) is -0.720. The Bertz CT molecular complexity index is 131. The first-order valence-corrected chi connectivity index (χ1v) is 3.26. The molecule has 0 aromatic heterocycles. The summed E-state index contributed by atoms with van der Waals surface area (Å²) in [5.41, 5.74) is 0. The largest absolute Gasteiger partial charge is 0.483 e. The Kier molecular flexibility index (Phi) is 5.10. The highest BCUT2D eigenvalue weighted by molar-refractivity contribution is 5.73. The molecule has 1 fully saturated rings. The van der Waals surface area contributed by atoms with Crippen LogP contribution in [0.1, 0.15) is 12.8 Å². The molecule has 0 aliphatic carbocycles. The summed E-state index contributed by atoms with van der Waals surface area (Å²) in [4.78, 5) is 18.5.